The van der Waals surface area contributed by atoms with Gasteiger partial charge in [-0.2, -0.15) is 0 Å². The summed E-state index contributed by atoms with van der Waals surface area (Å²) in [5.74, 6) is -0.749. The van der Waals surface area contributed by atoms with E-state index in [1.165, 1.54) is 29.5 Å². The van der Waals surface area contributed by atoms with Crippen LogP contribution in [0, 0.1) is 5.82 Å². The van der Waals surface area contributed by atoms with E-state index in [1.807, 2.05) is 36.5 Å². The molecule has 1 aliphatic rings. The highest BCUT2D eigenvalue weighted by Gasteiger charge is 2.42. The van der Waals surface area contributed by atoms with Crippen LogP contribution in [-0.4, -0.2) is 42.9 Å². The lowest BCUT2D eigenvalue weighted by molar-refractivity contribution is 0.0718. The molecule has 4 rings (SSSR count). The molecule has 1 aliphatic heterocycles. The van der Waals surface area contributed by atoms with E-state index in [9.17, 15) is 14.0 Å². The molecule has 0 bridgehead atoms. The number of hydrogen-bond acceptors (Lipinski definition) is 5. The topological polar surface area (TPSA) is 53.8 Å². The van der Waals surface area contributed by atoms with Gasteiger partial charge < -0.3 is 14.2 Å². The molecule has 1 aromatic carbocycles. The van der Waals surface area contributed by atoms with Gasteiger partial charge in [-0.3, -0.25) is 9.59 Å². The first kappa shape index (κ1) is 16.9. The van der Waals surface area contributed by atoms with Crippen molar-refractivity contribution in [1.29, 1.82) is 0 Å². The van der Waals surface area contributed by atoms with Crippen LogP contribution in [0.1, 0.15) is 27.0 Å². The zero-order valence-corrected chi connectivity index (χ0v) is 15.2. The first-order valence-electron chi connectivity index (χ1n) is 8.22. The SMILES string of the molecule is CN(C)CCN1C(=O)c2oc3ccc(F)cc3c(=O)c2C1c1cccs1. The Balaban J connectivity index is 1.94. The molecule has 3 heterocycles. The Morgan fingerprint density at radius 3 is 2.77 bits per heavy atom. The minimum atomic E-state index is -0.508. The van der Waals surface area contributed by atoms with Crippen LogP contribution in [-0.2, 0) is 0 Å². The molecule has 0 saturated heterocycles. The number of likely N-dealkylation sites (N-methyl/N-ethyl adjacent to an activating group) is 1. The highest BCUT2D eigenvalue weighted by atomic mass is 32.1. The first-order chi connectivity index (χ1) is 12.5. The smallest absolute Gasteiger partial charge is 0.290 e. The van der Waals surface area contributed by atoms with E-state index in [0.717, 1.165) is 4.88 Å². The Bertz CT molecular complexity index is 1040. The van der Waals surface area contributed by atoms with Crippen molar-refractivity contribution in [3.63, 3.8) is 0 Å². The Morgan fingerprint density at radius 2 is 2.08 bits per heavy atom. The normalized spacial score (nSPS) is 16.7. The third-order valence-electron chi connectivity index (χ3n) is 4.53. The lowest BCUT2D eigenvalue weighted by atomic mass is 10.0. The fraction of sp³-hybridized carbons (Fsp3) is 0.263. The number of thiophene rings is 1. The molecule has 0 spiro atoms. The second-order valence-corrected chi connectivity index (χ2v) is 7.51. The van der Waals surface area contributed by atoms with E-state index in [2.05, 4.69) is 0 Å². The van der Waals surface area contributed by atoms with Gasteiger partial charge in [-0.1, -0.05) is 6.07 Å². The molecule has 26 heavy (non-hydrogen) atoms. The van der Waals surface area contributed by atoms with Gasteiger partial charge in [0.2, 0.25) is 5.76 Å². The summed E-state index contributed by atoms with van der Waals surface area (Å²) < 4.78 is 19.4. The second-order valence-electron chi connectivity index (χ2n) is 6.53. The van der Waals surface area contributed by atoms with E-state index < -0.39 is 11.9 Å². The summed E-state index contributed by atoms with van der Waals surface area (Å²) >= 11 is 1.48. The zero-order chi connectivity index (χ0) is 18.4. The van der Waals surface area contributed by atoms with Crippen molar-refractivity contribution < 1.29 is 13.6 Å². The number of fused-ring (bicyclic) bond motifs is 2. The van der Waals surface area contributed by atoms with Crippen LogP contribution in [0.4, 0.5) is 4.39 Å². The first-order valence-corrected chi connectivity index (χ1v) is 9.10. The number of carbonyl (C=O) groups excluding carboxylic acids is 1. The van der Waals surface area contributed by atoms with Crippen molar-refractivity contribution in [3.8, 4) is 0 Å². The summed E-state index contributed by atoms with van der Waals surface area (Å²) in [6, 6.07) is 7.06. The molecule has 1 atom stereocenters. The molecule has 7 heteroatoms. The van der Waals surface area contributed by atoms with Gasteiger partial charge in [0.25, 0.3) is 5.91 Å². The second kappa shape index (κ2) is 6.34. The van der Waals surface area contributed by atoms with Crippen LogP contribution in [0.25, 0.3) is 11.0 Å². The van der Waals surface area contributed by atoms with Gasteiger partial charge in [0, 0.05) is 18.0 Å². The van der Waals surface area contributed by atoms with Crippen molar-refractivity contribution in [1.82, 2.24) is 9.80 Å². The lowest BCUT2D eigenvalue weighted by Crippen LogP contribution is -2.35. The molecule has 0 radical (unpaired) electrons. The number of benzene rings is 1. The Morgan fingerprint density at radius 1 is 1.27 bits per heavy atom. The summed E-state index contributed by atoms with van der Waals surface area (Å²) in [6.07, 6.45) is 0. The number of amides is 1. The minimum Gasteiger partial charge on any atom is -0.450 e. The minimum absolute atomic E-state index is 0.0614. The molecule has 134 valence electrons. The number of hydrogen-bond donors (Lipinski definition) is 0. The molecule has 0 saturated carbocycles. The maximum atomic E-state index is 13.6. The summed E-state index contributed by atoms with van der Waals surface area (Å²) in [5, 5.41) is 2.07. The van der Waals surface area contributed by atoms with Crippen LogP contribution in [0.15, 0.2) is 44.9 Å². The fourth-order valence-corrected chi connectivity index (χ4v) is 4.12. The van der Waals surface area contributed by atoms with Crippen molar-refractivity contribution in [2.45, 2.75) is 6.04 Å². The van der Waals surface area contributed by atoms with Gasteiger partial charge in [0.1, 0.15) is 11.4 Å². The molecule has 0 fully saturated rings. The molecule has 0 aliphatic carbocycles. The van der Waals surface area contributed by atoms with Crippen molar-refractivity contribution >= 4 is 28.2 Å². The van der Waals surface area contributed by atoms with Crippen LogP contribution in [0.5, 0.6) is 0 Å². The van der Waals surface area contributed by atoms with E-state index in [4.69, 9.17) is 4.42 Å². The number of rotatable bonds is 4. The van der Waals surface area contributed by atoms with Crippen LogP contribution in [0.3, 0.4) is 0 Å². The third kappa shape index (κ3) is 2.64. The highest BCUT2D eigenvalue weighted by molar-refractivity contribution is 7.10. The summed E-state index contributed by atoms with van der Waals surface area (Å²) in [7, 11) is 3.85. The van der Waals surface area contributed by atoms with E-state index in [-0.39, 0.29) is 28.1 Å². The van der Waals surface area contributed by atoms with E-state index >= 15 is 0 Å². The van der Waals surface area contributed by atoms with Gasteiger partial charge in [-0.05, 0) is 43.7 Å². The van der Waals surface area contributed by atoms with E-state index in [1.54, 1.807) is 4.90 Å². The van der Waals surface area contributed by atoms with Gasteiger partial charge in [0.15, 0.2) is 5.43 Å². The Labute approximate surface area is 153 Å². The molecule has 1 amide bonds. The predicted molar refractivity (Wildman–Crippen MR) is 98.2 cm³/mol. The maximum absolute atomic E-state index is 13.6. The largest absolute Gasteiger partial charge is 0.450 e. The fourth-order valence-electron chi connectivity index (χ4n) is 3.27. The average Bonchev–Trinajstić information content (AvgIpc) is 3.21. The summed E-state index contributed by atoms with van der Waals surface area (Å²) in [5.41, 5.74) is 0.178. The van der Waals surface area contributed by atoms with Crippen LogP contribution >= 0.6 is 11.3 Å². The molecule has 0 N–H and O–H groups in total. The molecule has 1 unspecified atom stereocenters. The summed E-state index contributed by atoms with van der Waals surface area (Å²) in [4.78, 5) is 30.6. The molecular formula is C19H17FN2O3S. The molecule has 2 aromatic heterocycles. The van der Waals surface area contributed by atoms with Crippen LogP contribution in [0.2, 0.25) is 0 Å². The molecule has 5 nitrogen and oxygen atoms in total. The number of nitrogens with zero attached hydrogens (tertiary/aromatic N) is 2. The highest BCUT2D eigenvalue weighted by Crippen LogP contribution is 2.39. The average molecular weight is 372 g/mol. The van der Waals surface area contributed by atoms with Gasteiger partial charge >= 0.3 is 0 Å². The number of carbonyl (C=O) groups is 1. The van der Waals surface area contributed by atoms with Gasteiger partial charge in [0.05, 0.1) is 17.0 Å². The maximum Gasteiger partial charge on any atom is 0.290 e. The number of halogens is 1. The Hall–Kier alpha value is -2.51. The zero-order valence-electron chi connectivity index (χ0n) is 14.4. The lowest BCUT2D eigenvalue weighted by Gasteiger charge is -2.25. The third-order valence-corrected chi connectivity index (χ3v) is 5.45. The standard InChI is InChI=1S/C19H17FN2O3S/c1-21(2)7-8-22-16(14-4-3-9-26-14)15-17(23)12-10-11(20)5-6-13(12)25-18(15)19(22)24/h3-6,9-10,16H,7-8H2,1-2H3. The quantitative estimate of drug-likeness (QED) is 0.706. The van der Waals surface area contributed by atoms with Gasteiger partial charge in [-0.15, -0.1) is 11.3 Å². The van der Waals surface area contributed by atoms with Crippen LogP contribution < -0.4 is 5.43 Å². The molecular weight excluding hydrogens is 355 g/mol. The van der Waals surface area contributed by atoms with Crippen molar-refractivity contribution in [2.24, 2.45) is 0 Å². The predicted octanol–water partition coefficient (Wildman–Crippen LogP) is 3.10. The van der Waals surface area contributed by atoms with Gasteiger partial charge in [-0.25, -0.2) is 4.39 Å². The van der Waals surface area contributed by atoms with Crippen molar-refractivity contribution in [3.05, 3.63) is 68.0 Å². The molecule has 3 aromatic rings. The Kier molecular flexibility index (Phi) is 4.13. The van der Waals surface area contributed by atoms with Crippen molar-refractivity contribution in [2.75, 3.05) is 27.2 Å². The summed E-state index contributed by atoms with van der Waals surface area (Å²) in [6.45, 7) is 1.12. The monoisotopic (exact) mass is 372 g/mol. The van der Waals surface area contributed by atoms with E-state index in [0.29, 0.717) is 18.7 Å².